The van der Waals surface area contributed by atoms with Crippen molar-refractivity contribution in [1.82, 2.24) is 10.2 Å². The Morgan fingerprint density at radius 2 is 1.95 bits per heavy atom. The lowest BCUT2D eigenvalue weighted by Crippen LogP contribution is -2.51. The Balaban J connectivity index is 2.17. The van der Waals surface area contributed by atoms with E-state index in [4.69, 9.17) is 0 Å². The summed E-state index contributed by atoms with van der Waals surface area (Å²) in [6, 6.07) is 3.76. The van der Waals surface area contributed by atoms with Crippen LogP contribution >= 0.6 is 11.3 Å². The van der Waals surface area contributed by atoms with E-state index in [1.54, 1.807) is 11.3 Å². The molecule has 0 bridgehead atoms. The van der Waals surface area contributed by atoms with Crippen LogP contribution in [0.15, 0.2) is 12.1 Å². The van der Waals surface area contributed by atoms with E-state index in [1.165, 1.54) is 9.75 Å². The predicted molar refractivity (Wildman–Crippen MR) is 85.1 cm³/mol. The molecule has 0 aromatic carbocycles. The molecule has 1 aliphatic heterocycles. The zero-order valence-electron chi connectivity index (χ0n) is 13.2. The first kappa shape index (κ1) is 16.0. The molecule has 0 spiro atoms. The highest BCUT2D eigenvalue weighted by Crippen LogP contribution is 2.25. The highest BCUT2D eigenvalue weighted by molar-refractivity contribution is 7.11. The van der Waals surface area contributed by atoms with Gasteiger partial charge in [0.2, 0.25) is 11.8 Å². The van der Waals surface area contributed by atoms with Crippen LogP contribution in [0.3, 0.4) is 0 Å². The normalized spacial score (nSPS) is 20.4. The summed E-state index contributed by atoms with van der Waals surface area (Å²) >= 11 is 1.75. The van der Waals surface area contributed by atoms with E-state index < -0.39 is 6.04 Å². The average molecular weight is 308 g/mol. The molecule has 21 heavy (non-hydrogen) atoms. The molecule has 1 atom stereocenters. The SMILES string of the molecule is CCc1ccc(CN2CCC(=O)NC(C(C)(C)C)C2=O)s1. The summed E-state index contributed by atoms with van der Waals surface area (Å²) < 4.78 is 0. The van der Waals surface area contributed by atoms with Gasteiger partial charge in [0.1, 0.15) is 6.04 Å². The van der Waals surface area contributed by atoms with E-state index >= 15 is 0 Å². The van der Waals surface area contributed by atoms with E-state index in [0.29, 0.717) is 19.5 Å². The molecule has 0 radical (unpaired) electrons. The monoisotopic (exact) mass is 308 g/mol. The van der Waals surface area contributed by atoms with Crippen LogP contribution in [-0.4, -0.2) is 29.3 Å². The predicted octanol–water partition coefficient (Wildman–Crippen LogP) is 2.57. The van der Waals surface area contributed by atoms with Gasteiger partial charge in [-0.3, -0.25) is 9.59 Å². The third kappa shape index (κ3) is 3.84. The molecule has 116 valence electrons. The summed E-state index contributed by atoms with van der Waals surface area (Å²) in [5.74, 6) is -0.00833. The van der Waals surface area contributed by atoms with Crippen molar-refractivity contribution in [3.63, 3.8) is 0 Å². The van der Waals surface area contributed by atoms with Gasteiger partial charge in [-0.05, 0) is 24.0 Å². The molecular formula is C16H24N2O2S. The van der Waals surface area contributed by atoms with Gasteiger partial charge in [-0.1, -0.05) is 27.7 Å². The fourth-order valence-electron chi connectivity index (χ4n) is 2.45. The molecule has 0 saturated carbocycles. The molecule has 1 aromatic heterocycles. The van der Waals surface area contributed by atoms with Crippen molar-refractivity contribution in [2.24, 2.45) is 5.41 Å². The Morgan fingerprint density at radius 1 is 1.29 bits per heavy atom. The largest absolute Gasteiger partial charge is 0.344 e. The molecule has 5 heteroatoms. The molecule has 2 rings (SSSR count). The number of aryl methyl sites for hydroxylation is 1. The third-order valence-electron chi connectivity index (χ3n) is 3.75. The number of thiophene rings is 1. The average Bonchev–Trinajstić information content (AvgIpc) is 2.80. The fourth-order valence-corrected chi connectivity index (χ4v) is 3.43. The smallest absolute Gasteiger partial charge is 0.246 e. The Kier molecular flexibility index (Phi) is 4.71. The van der Waals surface area contributed by atoms with Crippen LogP contribution in [0.2, 0.25) is 0 Å². The first-order valence-corrected chi connectivity index (χ1v) is 8.28. The molecule has 2 heterocycles. The van der Waals surface area contributed by atoms with Crippen LogP contribution in [0.1, 0.15) is 43.9 Å². The molecule has 1 saturated heterocycles. The quantitative estimate of drug-likeness (QED) is 0.933. The summed E-state index contributed by atoms with van der Waals surface area (Å²) in [6.45, 7) is 9.19. The number of nitrogens with zero attached hydrogens (tertiary/aromatic N) is 1. The summed E-state index contributed by atoms with van der Waals surface area (Å²) in [5.41, 5.74) is -0.278. The van der Waals surface area contributed by atoms with Gasteiger partial charge in [0.05, 0.1) is 6.54 Å². The van der Waals surface area contributed by atoms with Crippen LogP contribution in [0.25, 0.3) is 0 Å². The van der Waals surface area contributed by atoms with Gasteiger partial charge >= 0.3 is 0 Å². The Hall–Kier alpha value is -1.36. The standard InChI is InChI=1S/C16H24N2O2S/c1-5-11-6-7-12(21-11)10-18-9-8-13(19)17-14(15(18)20)16(2,3)4/h6-7,14H,5,8-10H2,1-4H3,(H,17,19). The molecular weight excluding hydrogens is 284 g/mol. The summed E-state index contributed by atoms with van der Waals surface area (Å²) in [6.07, 6.45) is 1.40. The zero-order valence-corrected chi connectivity index (χ0v) is 14.0. The molecule has 1 fully saturated rings. The van der Waals surface area contributed by atoms with E-state index in [1.807, 2.05) is 25.7 Å². The van der Waals surface area contributed by atoms with Gasteiger partial charge in [0, 0.05) is 22.7 Å². The van der Waals surface area contributed by atoms with Crippen molar-refractivity contribution in [1.29, 1.82) is 0 Å². The van der Waals surface area contributed by atoms with Gasteiger partial charge in [-0.2, -0.15) is 0 Å². The zero-order chi connectivity index (χ0) is 15.6. The van der Waals surface area contributed by atoms with E-state index in [9.17, 15) is 9.59 Å². The molecule has 4 nitrogen and oxygen atoms in total. The van der Waals surface area contributed by atoms with E-state index in [0.717, 1.165) is 6.42 Å². The van der Waals surface area contributed by atoms with Gasteiger partial charge in [-0.25, -0.2) is 0 Å². The van der Waals surface area contributed by atoms with Crippen LogP contribution in [0.5, 0.6) is 0 Å². The topological polar surface area (TPSA) is 49.4 Å². The first-order valence-electron chi connectivity index (χ1n) is 7.47. The van der Waals surface area contributed by atoms with Crippen molar-refractivity contribution in [3.05, 3.63) is 21.9 Å². The Labute approximate surface area is 130 Å². The maximum absolute atomic E-state index is 12.7. The number of rotatable bonds is 3. The highest BCUT2D eigenvalue weighted by Gasteiger charge is 2.37. The van der Waals surface area contributed by atoms with E-state index in [2.05, 4.69) is 24.4 Å². The first-order chi connectivity index (χ1) is 9.81. The van der Waals surface area contributed by atoms with Crippen LogP contribution in [-0.2, 0) is 22.6 Å². The molecule has 1 unspecified atom stereocenters. The molecule has 2 amide bonds. The van der Waals surface area contributed by atoms with Crippen molar-refractivity contribution < 1.29 is 9.59 Å². The number of nitrogens with one attached hydrogen (secondary N) is 1. The van der Waals surface area contributed by atoms with Crippen molar-refractivity contribution in [3.8, 4) is 0 Å². The highest BCUT2D eigenvalue weighted by atomic mass is 32.1. The number of hydrogen-bond acceptors (Lipinski definition) is 3. The third-order valence-corrected chi connectivity index (χ3v) is 4.97. The Bertz CT molecular complexity index is 531. The lowest BCUT2D eigenvalue weighted by Gasteiger charge is -2.32. The fraction of sp³-hybridized carbons (Fsp3) is 0.625. The molecule has 1 aromatic rings. The van der Waals surface area contributed by atoms with Crippen molar-refractivity contribution in [2.45, 2.75) is 53.1 Å². The minimum Gasteiger partial charge on any atom is -0.344 e. The van der Waals surface area contributed by atoms with Crippen molar-refractivity contribution >= 4 is 23.2 Å². The van der Waals surface area contributed by atoms with E-state index in [-0.39, 0.29) is 17.2 Å². The number of amides is 2. The minimum atomic E-state index is -0.446. The summed E-state index contributed by atoms with van der Waals surface area (Å²) in [7, 11) is 0. The molecule has 1 N–H and O–H groups in total. The number of carbonyl (C=O) groups is 2. The Morgan fingerprint density at radius 3 is 2.52 bits per heavy atom. The minimum absolute atomic E-state index is 0.0276. The molecule has 0 aliphatic carbocycles. The summed E-state index contributed by atoms with van der Waals surface area (Å²) in [4.78, 5) is 28.9. The van der Waals surface area contributed by atoms with Gasteiger partial charge in [0.15, 0.2) is 0 Å². The summed E-state index contributed by atoms with van der Waals surface area (Å²) in [5, 5.41) is 2.87. The van der Waals surface area contributed by atoms with Crippen molar-refractivity contribution in [2.75, 3.05) is 6.54 Å². The second kappa shape index (κ2) is 6.18. The number of hydrogen-bond donors (Lipinski definition) is 1. The maximum atomic E-state index is 12.7. The maximum Gasteiger partial charge on any atom is 0.246 e. The van der Waals surface area contributed by atoms with Crippen LogP contribution < -0.4 is 5.32 Å². The molecule has 1 aliphatic rings. The lowest BCUT2D eigenvalue weighted by molar-refractivity contribution is -0.136. The van der Waals surface area contributed by atoms with Gasteiger partial charge in [0.25, 0.3) is 0 Å². The van der Waals surface area contributed by atoms with Crippen LogP contribution in [0, 0.1) is 5.41 Å². The second-order valence-electron chi connectivity index (χ2n) is 6.60. The lowest BCUT2D eigenvalue weighted by atomic mass is 9.86. The number of carbonyl (C=O) groups excluding carboxylic acids is 2. The second-order valence-corrected chi connectivity index (χ2v) is 7.85. The van der Waals surface area contributed by atoms with Gasteiger partial charge < -0.3 is 10.2 Å². The van der Waals surface area contributed by atoms with Crippen LogP contribution in [0.4, 0.5) is 0 Å². The van der Waals surface area contributed by atoms with Gasteiger partial charge in [-0.15, -0.1) is 11.3 Å².